The monoisotopic (exact) mass is 408 g/mol. The molecule has 1 aliphatic heterocycles. The summed E-state index contributed by atoms with van der Waals surface area (Å²) in [6.07, 6.45) is 6.98. The number of hydrogen-bond acceptors (Lipinski definition) is 5. The van der Waals surface area contributed by atoms with E-state index < -0.39 is 0 Å². The number of nitrogens with one attached hydrogen (secondary N) is 1. The number of carbonyl (C=O) groups excluding carboxylic acids is 1. The molecule has 8 nitrogen and oxygen atoms in total. The number of anilines is 1. The van der Waals surface area contributed by atoms with E-state index in [1.807, 2.05) is 18.2 Å². The van der Waals surface area contributed by atoms with Crippen molar-refractivity contribution in [1.29, 1.82) is 0 Å². The molecule has 0 bridgehead atoms. The van der Waals surface area contributed by atoms with E-state index >= 15 is 0 Å². The average Bonchev–Trinajstić information content (AvgIpc) is 3.11. The maximum atomic E-state index is 12.5. The molecule has 8 heteroatoms. The molecule has 0 unspecified atom stereocenters. The molecule has 3 heterocycles. The third-order valence-electron chi connectivity index (χ3n) is 5.83. The molecule has 30 heavy (non-hydrogen) atoms. The fourth-order valence-corrected chi connectivity index (χ4v) is 4.05. The Kier molecular flexibility index (Phi) is 5.94. The van der Waals surface area contributed by atoms with Gasteiger partial charge >= 0.3 is 0 Å². The van der Waals surface area contributed by atoms with Crippen molar-refractivity contribution in [2.24, 2.45) is 7.05 Å². The fraction of sp³-hybridized carbons (Fsp3) is 0.455. The summed E-state index contributed by atoms with van der Waals surface area (Å²) in [4.78, 5) is 31.7. The first kappa shape index (κ1) is 20.3. The average molecular weight is 409 g/mol. The third kappa shape index (κ3) is 4.43. The van der Waals surface area contributed by atoms with Crippen LogP contribution in [0.25, 0.3) is 11.0 Å². The highest BCUT2D eigenvalue weighted by Gasteiger charge is 2.18. The number of aromatic nitrogens is 4. The number of likely N-dealkylation sites (tertiary alicyclic amines) is 1. The van der Waals surface area contributed by atoms with Crippen LogP contribution in [-0.4, -0.2) is 42.7 Å². The van der Waals surface area contributed by atoms with E-state index in [2.05, 4.69) is 33.3 Å². The summed E-state index contributed by atoms with van der Waals surface area (Å²) in [6.45, 7) is 4.58. The van der Waals surface area contributed by atoms with Gasteiger partial charge < -0.3 is 5.32 Å². The van der Waals surface area contributed by atoms with Crippen LogP contribution in [0, 0.1) is 0 Å². The number of carbonyl (C=O) groups is 1. The molecule has 1 aliphatic rings. The van der Waals surface area contributed by atoms with Crippen molar-refractivity contribution in [3.8, 4) is 0 Å². The summed E-state index contributed by atoms with van der Waals surface area (Å²) in [5.74, 6) is -0.128. The maximum Gasteiger partial charge on any atom is 0.264 e. The molecule has 0 spiro atoms. The second-order valence-corrected chi connectivity index (χ2v) is 8.06. The summed E-state index contributed by atoms with van der Waals surface area (Å²) in [5, 5.41) is 7.47. The molecule has 2 aromatic heterocycles. The second-order valence-electron chi connectivity index (χ2n) is 8.06. The minimum absolute atomic E-state index is 0.128. The van der Waals surface area contributed by atoms with Gasteiger partial charge in [0.25, 0.3) is 5.56 Å². The van der Waals surface area contributed by atoms with E-state index in [4.69, 9.17) is 0 Å². The number of aryl methyl sites for hydroxylation is 2. The van der Waals surface area contributed by atoms with Crippen molar-refractivity contribution in [3.05, 3.63) is 52.7 Å². The Morgan fingerprint density at radius 1 is 1.30 bits per heavy atom. The van der Waals surface area contributed by atoms with Crippen LogP contribution in [0.15, 0.2) is 41.6 Å². The summed E-state index contributed by atoms with van der Waals surface area (Å²) >= 11 is 0. The van der Waals surface area contributed by atoms with E-state index in [0.717, 1.165) is 18.8 Å². The lowest BCUT2D eigenvalue weighted by Gasteiger charge is -2.33. The van der Waals surface area contributed by atoms with Gasteiger partial charge in [-0.2, -0.15) is 5.10 Å². The van der Waals surface area contributed by atoms with E-state index in [1.165, 1.54) is 41.9 Å². The summed E-state index contributed by atoms with van der Waals surface area (Å²) in [6, 6.07) is 8.61. The largest absolute Gasteiger partial charge is 0.326 e. The van der Waals surface area contributed by atoms with E-state index in [0.29, 0.717) is 17.1 Å². The second kappa shape index (κ2) is 8.79. The quantitative estimate of drug-likeness (QED) is 0.678. The zero-order valence-electron chi connectivity index (χ0n) is 17.5. The maximum absolute atomic E-state index is 12.5. The number of nitrogens with zero attached hydrogens (tertiary/aromatic N) is 5. The Labute approximate surface area is 175 Å². The Bertz CT molecular complexity index is 1100. The molecule has 0 radical (unpaired) electrons. The van der Waals surface area contributed by atoms with Gasteiger partial charge in [0.2, 0.25) is 5.91 Å². The molecule has 0 aliphatic carbocycles. The SMILES string of the molecule is C[C@@H]1CCCCN1Cc1cccc(NC(=O)CCn2cnc3c(cnn3C)c2=O)c1. The van der Waals surface area contributed by atoms with Crippen molar-refractivity contribution >= 4 is 22.6 Å². The normalized spacial score (nSPS) is 17.3. The summed E-state index contributed by atoms with van der Waals surface area (Å²) in [5.41, 5.74) is 2.35. The number of piperidine rings is 1. The van der Waals surface area contributed by atoms with Crippen molar-refractivity contribution in [2.45, 2.75) is 51.7 Å². The lowest BCUT2D eigenvalue weighted by atomic mass is 10.0. The highest BCUT2D eigenvalue weighted by molar-refractivity contribution is 5.90. The molecule has 1 aromatic carbocycles. The minimum Gasteiger partial charge on any atom is -0.326 e. The zero-order chi connectivity index (χ0) is 21.1. The van der Waals surface area contributed by atoms with Crippen LogP contribution in [0.1, 0.15) is 38.2 Å². The minimum atomic E-state index is -0.182. The zero-order valence-corrected chi connectivity index (χ0v) is 17.5. The molecule has 158 valence electrons. The predicted molar refractivity (Wildman–Crippen MR) is 116 cm³/mol. The Morgan fingerprint density at radius 3 is 3.00 bits per heavy atom. The smallest absolute Gasteiger partial charge is 0.264 e. The van der Waals surface area contributed by atoms with Gasteiger partial charge in [-0.15, -0.1) is 0 Å². The number of fused-ring (bicyclic) bond motifs is 1. The lowest BCUT2D eigenvalue weighted by molar-refractivity contribution is -0.116. The first-order valence-electron chi connectivity index (χ1n) is 10.5. The molecule has 4 rings (SSSR count). The molecule has 1 N–H and O–H groups in total. The van der Waals surface area contributed by atoms with Crippen LogP contribution >= 0.6 is 0 Å². The summed E-state index contributed by atoms with van der Waals surface area (Å²) in [7, 11) is 1.74. The van der Waals surface area contributed by atoms with Gasteiger partial charge in [0.15, 0.2) is 5.65 Å². The van der Waals surface area contributed by atoms with Gasteiger partial charge in [-0.1, -0.05) is 18.6 Å². The van der Waals surface area contributed by atoms with Crippen LogP contribution in [0.5, 0.6) is 0 Å². The van der Waals surface area contributed by atoms with Crippen molar-refractivity contribution in [2.75, 3.05) is 11.9 Å². The van der Waals surface area contributed by atoms with E-state index in [1.54, 1.807) is 11.7 Å². The van der Waals surface area contributed by atoms with E-state index in [9.17, 15) is 9.59 Å². The van der Waals surface area contributed by atoms with E-state index in [-0.39, 0.29) is 24.4 Å². The first-order chi connectivity index (χ1) is 14.5. The number of benzene rings is 1. The van der Waals surface area contributed by atoms with Crippen LogP contribution in [-0.2, 0) is 24.9 Å². The Hall–Kier alpha value is -3.00. The Balaban J connectivity index is 1.36. The molecule has 1 fully saturated rings. The molecule has 1 amide bonds. The van der Waals surface area contributed by atoms with Crippen molar-refractivity contribution in [3.63, 3.8) is 0 Å². The number of amides is 1. The topological polar surface area (TPSA) is 85.1 Å². The van der Waals surface area contributed by atoms with Gasteiger partial charge in [-0.25, -0.2) is 4.98 Å². The van der Waals surface area contributed by atoms with Gasteiger partial charge in [-0.3, -0.25) is 23.7 Å². The molecular weight excluding hydrogens is 380 g/mol. The third-order valence-corrected chi connectivity index (χ3v) is 5.83. The van der Waals surface area contributed by atoms with Crippen molar-refractivity contribution in [1.82, 2.24) is 24.2 Å². The molecule has 0 saturated carbocycles. The van der Waals surface area contributed by atoms with Crippen LogP contribution in [0.4, 0.5) is 5.69 Å². The van der Waals surface area contributed by atoms with Crippen LogP contribution < -0.4 is 10.9 Å². The number of rotatable bonds is 6. The van der Waals surface area contributed by atoms with Gasteiger partial charge in [-0.05, 0) is 44.0 Å². The predicted octanol–water partition coefficient (Wildman–Crippen LogP) is 2.53. The Morgan fingerprint density at radius 2 is 2.17 bits per heavy atom. The highest BCUT2D eigenvalue weighted by Crippen LogP contribution is 2.20. The van der Waals surface area contributed by atoms with Crippen LogP contribution in [0.3, 0.4) is 0 Å². The van der Waals surface area contributed by atoms with Gasteiger partial charge in [0.1, 0.15) is 5.39 Å². The molecule has 1 saturated heterocycles. The molecule has 3 aromatic rings. The lowest BCUT2D eigenvalue weighted by Crippen LogP contribution is -2.36. The molecule has 1 atom stereocenters. The van der Waals surface area contributed by atoms with Crippen molar-refractivity contribution < 1.29 is 4.79 Å². The summed E-state index contributed by atoms with van der Waals surface area (Å²) < 4.78 is 3.02. The molecular formula is C22H28N6O2. The fourth-order valence-electron chi connectivity index (χ4n) is 4.05. The van der Waals surface area contributed by atoms with Gasteiger partial charge in [0.05, 0.1) is 12.5 Å². The highest BCUT2D eigenvalue weighted by atomic mass is 16.2. The van der Waals surface area contributed by atoms with Gasteiger partial charge in [0, 0.05) is 38.3 Å². The number of hydrogen-bond donors (Lipinski definition) is 1. The van der Waals surface area contributed by atoms with Crippen LogP contribution in [0.2, 0.25) is 0 Å². The first-order valence-corrected chi connectivity index (χ1v) is 10.5. The standard InChI is InChI=1S/C22H28N6O2/c1-16-6-3-4-10-27(16)14-17-7-5-8-18(12-17)25-20(29)9-11-28-15-23-21-19(22(28)30)13-24-26(21)2/h5,7-8,12-13,15-16H,3-4,6,9-11,14H2,1-2H3,(H,25,29)/t16-/m1/s1.